The number of hydrogen-bond acceptors (Lipinski definition) is 4. The van der Waals surface area contributed by atoms with Gasteiger partial charge in [0.1, 0.15) is 0 Å². The molecule has 1 aromatic heterocycles. The van der Waals surface area contributed by atoms with Crippen molar-refractivity contribution >= 4 is 5.78 Å². The minimum Gasteiger partial charge on any atom is -0.294 e. The first-order chi connectivity index (χ1) is 7.63. The maximum absolute atomic E-state index is 11.7. The van der Waals surface area contributed by atoms with Gasteiger partial charge in [0.15, 0.2) is 5.78 Å². The minimum atomic E-state index is 0.0514. The zero-order chi connectivity index (χ0) is 12.0. The Kier molecular flexibility index (Phi) is 4.57. The molecule has 0 aliphatic carbocycles. The van der Waals surface area contributed by atoms with E-state index >= 15 is 0 Å². The van der Waals surface area contributed by atoms with Crippen molar-refractivity contribution in [3.05, 3.63) is 34.5 Å². The molecule has 0 spiro atoms. The molecule has 16 heavy (non-hydrogen) atoms. The summed E-state index contributed by atoms with van der Waals surface area (Å²) in [6.45, 7) is 2.39. The average Bonchev–Trinajstić information content (AvgIpc) is 2.28. The van der Waals surface area contributed by atoms with E-state index in [-0.39, 0.29) is 5.78 Å². The normalized spacial score (nSPS) is 9.88. The van der Waals surface area contributed by atoms with Crippen LogP contribution < -0.4 is 0 Å². The number of ketones is 1. The summed E-state index contributed by atoms with van der Waals surface area (Å²) in [6.07, 6.45) is 4.30. The van der Waals surface area contributed by atoms with Gasteiger partial charge in [-0.2, -0.15) is 0 Å². The highest BCUT2D eigenvalue weighted by atomic mass is 16.3. The Morgan fingerprint density at radius 1 is 1.50 bits per heavy atom. The van der Waals surface area contributed by atoms with Crippen molar-refractivity contribution in [1.82, 2.24) is 9.99 Å². The lowest BCUT2D eigenvalue weighted by Gasteiger charge is -2.07. The third-order valence-corrected chi connectivity index (χ3v) is 2.22. The number of Topliss-reactive ketones (excluding diaryl/α,β-unsaturated/α-hetero) is 1. The van der Waals surface area contributed by atoms with Gasteiger partial charge in [0.2, 0.25) is 0 Å². The molecule has 0 amide bonds. The molecule has 5 nitrogen and oxygen atoms in total. The molecule has 1 heterocycles. The Labute approximate surface area is 94.4 Å². The van der Waals surface area contributed by atoms with Crippen LogP contribution in [0.5, 0.6) is 0 Å². The first-order valence-electron chi connectivity index (χ1n) is 5.12. The van der Waals surface area contributed by atoms with Crippen LogP contribution in [0.25, 0.3) is 0 Å². The quantitative estimate of drug-likeness (QED) is 0.418. The maximum atomic E-state index is 11.7. The third-order valence-electron chi connectivity index (χ3n) is 2.22. The van der Waals surface area contributed by atoms with E-state index in [9.17, 15) is 9.70 Å². The van der Waals surface area contributed by atoms with E-state index < -0.39 is 0 Å². The van der Waals surface area contributed by atoms with Crippen LogP contribution in [0.15, 0.2) is 23.7 Å². The fourth-order valence-corrected chi connectivity index (χ4v) is 1.36. The second-order valence-electron chi connectivity index (χ2n) is 3.74. The van der Waals surface area contributed by atoms with Crippen LogP contribution >= 0.6 is 0 Å². The molecule has 0 radical (unpaired) electrons. The fraction of sp³-hybridized carbons (Fsp3) is 0.455. The lowest BCUT2D eigenvalue weighted by molar-refractivity contribution is 0.0976. The number of carbonyl (C=O) groups excluding carboxylic acids is 1. The van der Waals surface area contributed by atoms with Crippen LogP contribution in [-0.4, -0.2) is 29.4 Å². The third kappa shape index (κ3) is 3.76. The van der Waals surface area contributed by atoms with Crippen molar-refractivity contribution in [3.63, 3.8) is 0 Å². The van der Waals surface area contributed by atoms with Crippen LogP contribution in [0.2, 0.25) is 0 Å². The number of nitrogens with zero attached hydrogens (tertiary/aromatic N) is 3. The standard InChI is InChI=1S/C11H15N3O2/c1-9-6-10(8-12-7-9)11(15)4-3-5-14(2)13-16/h6-8H,3-5H2,1-2H3. The molecule has 0 saturated heterocycles. The SMILES string of the molecule is Cc1cncc(C(=O)CCCN(C)N=O)c1. The van der Waals surface area contributed by atoms with E-state index in [1.165, 1.54) is 5.01 Å². The summed E-state index contributed by atoms with van der Waals surface area (Å²) >= 11 is 0. The van der Waals surface area contributed by atoms with Crippen molar-refractivity contribution in [2.45, 2.75) is 19.8 Å². The highest BCUT2D eigenvalue weighted by molar-refractivity contribution is 5.95. The first kappa shape index (κ1) is 12.3. The van der Waals surface area contributed by atoms with Gasteiger partial charge in [-0.05, 0) is 25.0 Å². The van der Waals surface area contributed by atoms with E-state index in [1.807, 2.05) is 13.0 Å². The molecular weight excluding hydrogens is 206 g/mol. The summed E-state index contributed by atoms with van der Waals surface area (Å²) in [5, 5.41) is 4.01. The molecular formula is C11H15N3O2. The summed E-state index contributed by atoms with van der Waals surface area (Å²) in [5.74, 6) is 0.0514. The molecule has 0 N–H and O–H groups in total. The Morgan fingerprint density at radius 2 is 2.25 bits per heavy atom. The molecule has 0 bridgehead atoms. The number of aryl methyl sites for hydroxylation is 1. The molecule has 0 aliphatic heterocycles. The smallest absolute Gasteiger partial charge is 0.164 e. The van der Waals surface area contributed by atoms with Crippen LogP contribution in [0, 0.1) is 11.8 Å². The van der Waals surface area contributed by atoms with Crippen molar-refractivity contribution in [2.24, 2.45) is 5.29 Å². The Balaban J connectivity index is 2.44. The van der Waals surface area contributed by atoms with Gasteiger partial charge in [0.25, 0.3) is 0 Å². The highest BCUT2D eigenvalue weighted by Gasteiger charge is 2.06. The van der Waals surface area contributed by atoms with Gasteiger partial charge < -0.3 is 0 Å². The lowest BCUT2D eigenvalue weighted by atomic mass is 10.1. The molecule has 1 aromatic rings. The van der Waals surface area contributed by atoms with Crippen LogP contribution in [0.1, 0.15) is 28.8 Å². The zero-order valence-corrected chi connectivity index (χ0v) is 9.51. The van der Waals surface area contributed by atoms with E-state index in [0.717, 1.165) is 5.56 Å². The Bertz CT molecular complexity index is 379. The largest absolute Gasteiger partial charge is 0.294 e. The summed E-state index contributed by atoms with van der Waals surface area (Å²) in [5.41, 5.74) is 1.60. The Morgan fingerprint density at radius 3 is 2.88 bits per heavy atom. The van der Waals surface area contributed by atoms with Gasteiger partial charge in [-0.15, -0.1) is 4.91 Å². The van der Waals surface area contributed by atoms with E-state index in [0.29, 0.717) is 24.9 Å². The van der Waals surface area contributed by atoms with Crippen molar-refractivity contribution < 1.29 is 4.79 Å². The predicted octanol–water partition coefficient (Wildman–Crippen LogP) is 1.97. The number of nitroso groups, excluding NO2 is 1. The van der Waals surface area contributed by atoms with Crippen molar-refractivity contribution in [3.8, 4) is 0 Å². The van der Waals surface area contributed by atoms with E-state index in [2.05, 4.69) is 10.3 Å². The first-order valence-corrected chi connectivity index (χ1v) is 5.12. The molecule has 86 valence electrons. The maximum Gasteiger partial charge on any atom is 0.164 e. The number of carbonyl (C=O) groups is 1. The van der Waals surface area contributed by atoms with Crippen LogP contribution in [-0.2, 0) is 0 Å². The van der Waals surface area contributed by atoms with Crippen molar-refractivity contribution in [2.75, 3.05) is 13.6 Å². The zero-order valence-electron chi connectivity index (χ0n) is 9.51. The summed E-state index contributed by atoms with van der Waals surface area (Å²) in [7, 11) is 1.59. The summed E-state index contributed by atoms with van der Waals surface area (Å²) < 4.78 is 0. The molecule has 1 rings (SSSR count). The average molecular weight is 221 g/mol. The molecule has 0 unspecified atom stereocenters. The summed E-state index contributed by atoms with van der Waals surface area (Å²) in [6, 6.07) is 1.82. The van der Waals surface area contributed by atoms with Crippen LogP contribution in [0.3, 0.4) is 0 Å². The topological polar surface area (TPSA) is 62.6 Å². The lowest BCUT2D eigenvalue weighted by Crippen LogP contribution is -2.13. The molecule has 0 saturated carbocycles. The number of hydrogen-bond donors (Lipinski definition) is 0. The van der Waals surface area contributed by atoms with Crippen LogP contribution in [0.4, 0.5) is 0 Å². The van der Waals surface area contributed by atoms with Gasteiger partial charge in [0.05, 0.1) is 5.29 Å². The van der Waals surface area contributed by atoms with Gasteiger partial charge in [-0.3, -0.25) is 14.8 Å². The second kappa shape index (κ2) is 5.95. The summed E-state index contributed by atoms with van der Waals surface area (Å²) in [4.78, 5) is 25.7. The van der Waals surface area contributed by atoms with Gasteiger partial charge in [0, 0.05) is 38.0 Å². The highest BCUT2D eigenvalue weighted by Crippen LogP contribution is 2.06. The monoisotopic (exact) mass is 221 g/mol. The number of pyridine rings is 1. The molecule has 0 fully saturated rings. The van der Waals surface area contributed by atoms with Gasteiger partial charge in [-0.25, -0.2) is 0 Å². The van der Waals surface area contributed by atoms with E-state index in [1.54, 1.807) is 19.4 Å². The fourth-order valence-electron chi connectivity index (χ4n) is 1.36. The van der Waals surface area contributed by atoms with Gasteiger partial charge >= 0.3 is 0 Å². The molecule has 0 atom stereocenters. The van der Waals surface area contributed by atoms with Gasteiger partial charge in [-0.1, -0.05) is 0 Å². The number of aromatic nitrogens is 1. The predicted molar refractivity (Wildman–Crippen MR) is 61.0 cm³/mol. The van der Waals surface area contributed by atoms with E-state index in [4.69, 9.17) is 0 Å². The molecule has 0 aliphatic rings. The minimum absolute atomic E-state index is 0.0514. The second-order valence-corrected chi connectivity index (χ2v) is 3.74. The van der Waals surface area contributed by atoms with Crippen molar-refractivity contribution in [1.29, 1.82) is 0 Å². The molecule has 5 heteroatoms. The molecule has 0 aromatic carbocycles. The number of rotatable bonds is 6. The Hall–Kier alpha value is -1.78.